The molecular weight excluding hydrogens is 1660 g/mol. The van der Waals surface area contributed by atoms with Gasteiger partial charge in [-0.3, -0.25) is 0 Å². The Morgan fingerprint density at radius 3 is 0.647 bits per heavy atom. The highest BCUT2D eigenvalue weighted by Gasteiger charge is 2.59. The minimum atomic E-state index is -5.41. The van der Waals surface area contributed by atoms with Crippen LogP contribution in [0.1, 0.15) is 70.2 Å². The number of aliphatic imine (C=N–C) groups is 8. The Labute approximate surface area is 680 Å². The molecule has 4 unspecified atom stereocenters. The van der Waals surface area contributed by atoms with Gasteiger partial charge in [0, 0.05) is 113 Å². The van der Waals surface area contributed by atoms with Gasteiger partial charge in [0.05, 0.1) is 0 Å². The zero-order chi connectivity index (χ0) is 82.2. The van der Waals surface area contributed by atoms with Crippen LogP contribution in [0.3, 0.4) is 0 Å². The summed E-state index contributed by atoms with van der Waals surface area (Å²) in [6.07, 6.45) is -27.4. The minimum absolute atomic E-state index is 0.110. The fraction of sp³-hybridized carbons (Fsp3) is 0.200. The Balaban J connectivity index is 0.800. The van der Waals surface area contributed by atoms with Gasteiger partial charge < -0.3 is 33.5 Å². The van der Waals surface area contributed by atoms with Crippen molar-refractivity contribution in [2.24, 2.45) is 59.9 Å². The third-order valence-electron chi connectivity index (χ3n) is 22.0. The molecule has 0 saturated carbocycles. The lowest BCUT2D eigenvalue weighted by molar-refractivity contribution is -0.132. The number of nitrogens with zero attached hydrogens (tertiary/aromatic N) is 16. The molecule has 20 rings (SSSR count). The van der Waals surface area contributed by atoms with E-state index in [1.54, 1.807) is 208 Å². The summed E-state index contributed by atoms with van der Waals surface area (Å²) in [5, 5.41) is 3.43. The molecule has 8 aromatic carbocycles. The highest BCUT2D eigenvalue weighted by molar-refractivity contribution is 6.90. The van der Waals surface area contributed by atoms with E-state index in [0.717, 1.165) is 13.1 Å². The maximum absolute atomic E-state index is 15.8. The Hall–Kier alpha value is -10.6. The van der Waals surface area contributed by atoms with E-state index in [-0.39, 0.29) is 91.9 Å². The molecule has 0 aliphatic carbocycles. The van der Waals surface area contributed by atoms with E-state index in [0.29, 0.717) is 87.6 Å². The second-order valence-corrected chi connectivity index (χ2v) is 49.3. The number of hydrogen-bond acceptors (Lipinski definition) is 17. The van der Waals surface area contributed by atoms with Crippen molar-refractivity contribution in [1.82, 2.24) is 14.2 Å². The van der Waals surface area contributed by atoms with Crippen molar-refractivity contribution in [3.63, 3.8) is 0 Å². The zero-order valence-electron chi connectivity index (χ0n) is 63.0. The summed E-state index contributed by atoms with van der Waals surface area (Å²) in [5.41, 5.74) is 4.79. The number of alkyl halides is 12. The number of amidine groups is 8. The van der Waals surface area contributed by atoms with E-state index in [1.165, 1.54) is 13.1 Å². The monoisotopic (exact) mass is 1720 g/mol. The molecule has 21 nitrogen and oxygen atoms in total. The Morgan fingerprint density at radius 1 is 0.244 bits per heavy atom. The van der Waals surface area contributed by atoms with E-state index in [1.807, 2.05) is 0 Å². The van der Waals surface area contributed by atoms with Gasteiger partial charge in [-0.2, -0.15) is 52.7 Å². The van der Waals surface area contributed by atoms with Crippen LogP contribution in [0.2, 0.25) is 50.4 Å². The number of halogens is 12. The summed E-state index contributed by atoms with van der Waals surface area (Å²) in [6, 6.07) is 51.9. The second kappa shape index (κ2) is 28.0. The van der Waals surface area contributed by atoms with Crippen LogP contribution in [0.5, 0.6) is 0 Å². The van der Waals surface area contributed by atoms with Crippen LogP contribution in [0.15, 0.2) is 254 Å². The quantitative estimate of drug-likeness (QED) is 0.0604. The van der Waals surface area contributed by atoms with Crippen LogP contribution >= 0.6 is 0 Å². The second-order valence-electron chi connectivity index (χ2n) is 30.6. The molecule has 12 heterocycles. The van der Waals surface area contributed by atoms with Gasteiger partial charge in [-0.1, -0.05) is 194 Å². The predicted molar refractivity (Wildman–Crippen MR) is 436 cm³/mol. The van der Waals surface area contributed by atoms with Crippen LogP contribution in [-0.4, -0.2) is 150 Å². The van der Waals surface area contributed by atoms with Crippen molar-refractivity contribution < 1.29 is 72.0 Å². The number of aromatic nitrogens is 4. The molecule has 0 fully saturated rings. The third-order valence-corrected chi connectivity index (χ3v) is 46.4. The lowest BCUT2D eigenvalue weighted by atomic mass is 10.1. The Bertz CT molecular complexity index is 6240. The van der Waals surface area contributed by atoms with Gasteiger partial charge in [0.1, 0.15) is 45.2 Å². The van der Waals surface area contributed by atoms with Crippen molar-refractivity contribution in [2.75, 3.05) is 0 Å². The first-order valence-electron chi connectivity index (χ1n) is 38.0. The van der Waals surface area contributed by atoms with Crippen LogP contribution in [-0.2, 0) is 19.3 Å². The molecule has 4 atom stereocenters. The van der Waals surface area contributed by atoms with Gasteiger partial charge in [0.2, 0.25) is 0 Å². The van der Waals surface area contributed by atoms with Gasteiger partial charge in [-0.25, -0.2) is 59.9 Å². The maximum Gasteiger partial charge on any atom is 0.800 e. The number of hydrogen-bond donors (Lipinski definition) is 0. The van der Waals surface area contributed by atoms with Crippen LogP contribution < -0.4 is 22.0 Å². The van der Waals surface area contributed by atoms with E-state index < -0.39 is 139 Å². The summed E-state index contributed by atoms with van der Waals surface area (Å²) < 4.78 is 232. The zero-order valence-corrected chi connectivity index (χ0v) is 69.3. The lowest BCUT2D eigenvalue weighted by Crippen LogP contribution is -2.64. The summed E-state index contributed by atoms with van der Waals surface area (Å²) in [4.78, 5) is 62.9. The Morgan fingerprint density at radius 2 is 0.429 bits per heavy atom. The van der Waals surface area contributed by atoms with Gasteiger partial charge >= 0.3 is 71.7 Å². The van der Waals surface area contributed by atoms with Crippen LogP contribution in [0, 0.1) is 0 Å². The molecule has 8 aliphatic rings. The van der Waals surface area contributed by atoms with Crippen LogP contribution in [0.25, 0.3) is 43.1 Å². The van der Waals surface area contributed by atoms with Gasteiger partial charge in [0.15, 0.2) is 46.7 Å². The molecule has 0 spiro atoms. The standard InChI is InChI=1S/2C32H16N8.C16H28F12O5Si4.2Al/c2*1-2-10-18-17(9-1)25-33-26(18)38-28-21-13-5-6-14-22(21)30(35-28)40-32-24-16-8-7-15-23(24)31(36-32)39-29-20-12-4-3-11-19(20)27(34-29)37-25;1-34(29,9-5-13(17,18)19)31-36(3,11-7-15(23,24)25)33-37(4,12-8-16(26,27)28)32-35(2,30)10-6-14(20,21)22;;/h2*1-16H;5-12H2,1-4H3;;/q3*-2;2*+3. The minimum Gasteiger partial charge on any atom is -0.489 e. The van der Waals surface area contributed by atoms with Crippen molar-refractivity contribution in [1.29, 1.82) is 0 Å². The van der Waals surface area contributed by atoms with Gasteiger partial charge in [-0.15, -0.1) is 0 Å². The fourth-order valence-electron chi connectivity index (χ4n) is 16.8. The normalized spacial score (nSPS) is 17.6. The molecule has 0 saturated heterocycles. The lowest BCUT2D eigenvalue weighted by Gasteiger charge is -2.46. The number of benzene rings is 8. The maximum atomic E-state index is 15.8. The van der Waals surface area contributed by atoms with E-state index in [4.69, 9.17) is 79.2 Å². The highest BCUT2D eigenvalue weighted by Crippen LogP contribution is 2.47. The smallest absolute Gasteiger partial charge is 0.489 e. The molecule has 0 radical (unpaired) electrons. The molecule has 596 valence electrons. The first-order valence-corrected chi connectivity index (χ1v) is 51.1. The molecule has 4 aromatic heterocycles. The molecule has 119 heavy (non-hydrogen) atoms. The van der Waals surface area contributed by atoms with E-state index in [2.05, 4.69) is 0 Å². The molecule has 0 amide bonds. The summed E-state index contributed by atoms with van der Waals surface area (Å²) >= 11 is -8.82. The molecule has 39 heteroatoms. The Kier molecular flexibility index (Phi) is 18.1. The van der Waals surface area contributed by atoms with Crippen molar-refractivity contribution >= 4 is 177 Å². The van der Waals surface area contributed by atoms with Crippen molar-refractivity contribution in [3.8, 4) is 0 Å². The largest absolute Gasteiger partial charge is 0.800 e. The topological polar surface area (TPSA) is 214 Å². The average molecular weight is 1720 g/mol. The summed E-state index contributed by atoms with van der Waals surface area (Å²) in [5.74, 6) is 1.71. The van der Waals surface area contributed by atoms with E-state index in [9.17, 15) is 0 Å². The number of fused-ring (bicyclic) bond motifs is 28. The van der Waals surface area contributed by atoms with Gasteiger partial charge in [0.25, 0.3) is 17.1 Å². The van der Waals surface area contributed by atoms with Crippen LogP contribution in [0.4, 0.5) is 76.0 Å². The first kappa shape index (κ1) is 77.0. The van der Waals surface area contributed by atoms with Crippen molar-refractivity contribution in [2.45, 2.75) is 101 Å². The predicted octanol–water partition coefficient (Wildman–Crippen LogP) is 17.0. The van der Waals surface area contributed by atoms with Gasteiger partial charge in [-0.05, 0) is 50.4 Å². The summed E-state index contributed by atoms with van der Waals surface area (Å²) in [7, 11) is -21.4. The average Bonchev–Trinajstić information content (AvgIpc) is 1.56. The van der Waals surface area contributed by atoms with E-state index >= 15 is 52.7 Å². The first-order chi connectivity index (χ1) is 56.8. The molecule has 12 aromatic rings. The fourth-order valence-corrected chi connectivity index (χ4v) is 45.4. The van der Waals surface area contributed by atoms with Crippen molar-refractivity contribution in [3.05, 3.63) is 261 Å². The summed E-state index contributed by atoms with van der Waals surface area (Å²) in [6.45, 7) is 4.63. The SMILES string of the molecule is C[Si](CCC(F)(F)F)([O][Al]1[n]2c3c4ccccc4c2N=C2N=C(N=c4c5ccccc5c([n]41)=NC1=NC(=N3)c3ccccc31)c1ccccc12)O[Si](C)(CCC(F)(F)F)O[Si](C)(CCC(F)(F)F)O[Si](C)(CCC(F)(F)F)[O][Al]1[n]2c3c4ccccc4c2N=C2N=C(N=c4c5ccccc5c([n]41)=NC1=NC(=N3)c3ccccc31)c1ccccc12. The third kappa shape index (κ3) is 13.9. The number of rotatable bonds is 18. The molecule has 8 aliphatic heterocycles. The highest BCUT2D eigenvalue weighted by atomic mass is 28.5. The molecule has 0 N–H and O–H groups in total. The molecule has 12 bridgehead atoms. The molecular formula is C80H60Al2F12N16O5Si4.